The summed E-state index contributed by atoms with van der Waals surface area (Å²) in [5.74, 6) is -0.142. The molecule has 9 nitrogen and oxygen atoms in total. The van der Waals surface area contributed by atoms with Crippen molar-refractivity contribution in [2.24, 2.45) is 0 Å². The number of halogens is 4. The maximum Gasteiger partial charge on any atom is 0.419 e. The molecule has 4 heterocycles. The Kier molecular flexibility index (Phi) is 9.23. The number of aromatic nitrogens is 1. The van der Waals surface area contributed by atoms with Gasteiger partial charge in [-0.2, -0.15) is 23.7 Å². The van der Waals surface area contributed by atoms with E-state index in [0.717, 1.165) is 24.9 Å². The smallest absolute Gasteiger partial charge is 0.419 e. The number of carbonyl (C=O) groups excluding carboxylic acids is 1. The molecule has 1 amide bonds. The van der Waals surface area contributed by atoms with Crippen molar-refractivity contribution in [3.8, 4) is 18.0 Å². The van der Waals surface area contributed by atoms with Crippen LogP contribution >= 0.6 is 11.6 Å². The van der Waals surface area contributed by atoms with Crippen LogP contribution in [0.4, 0.5) is 24.5 Å². The largest absolute Gasteiger partial charge is 0.475 e. The first kappa shape index (κ1) is 31.4. The van der Waals surface area contributed by atoms with Gasteiger partial charge in [-0.25, -0.2) is 4.98 Å². The van der Waals surface area contributed by atoms with Crippen LogP contribution in [0.15, 0.2) is 30.9 Å². The number of rotatable bonds is 7. The Hall–Kier alpha value is -4.00. The van der Waals surface area contributed by atoms with Gasteiger partial charge >= 0.3 is 6.18 Å². The predicted octanol–water partition coefficient (Wildman–Crippen LogP) is 4.78. The number of piperazine rings is 1. The highest BCUT2D eigenvalue weighted by atomic mass is 35.5. The van der Waals surface area contributed by atoms with Gasteiger partial charge in [0.05, 0.1) is 52.7 Å². The van der Waals surface area contributed by atoms with Gasteiger partial charge in [-0.1, -0.05) is 24.2 Å². The number of carbonyl (C=O) groups is 1. The van der Waals surface area contributed by atoms with E-state index >= 15 is 0 Å². The van der Waals surface area contributed by atoms with Crippen molar-refractivity contribution >= 4 is 28.9 Å². The number of likely N-dealkylation sites (N-methyl/N-ethyl adjacent to an activating group) is 1. The van der Waals surface area contributed by atoms with Crippen molar-refractivity contribution in [1.82, 2.24) is 14.8 Å². The molecule has 44 heavy (non-hydrogen) atoms. The number of benzene rings is 1. The Labute approximate surface area is 259 Å². The number of nitrogens with zero attached hydrogens (tertiary/aromatic N) is 7. The number of likely N-dealkylation sites (tertiary alicyclic amines) is 1. The molecule has 0 spiro atoms. The second-order valence-electron chi connectivity index (χ2n) is 11.3. The summed E-state index contributed by atoms with van der Waals surface area (Å²) in [6.45, 7) is 6.10. The van der Waals surface area contributed by atoms with Gasteiger partial charge in [0.25, 0.3) is 0 Å². The molecule has 0 unspecified atom stereocenters. The second kappa shape index (κ2) is 12.9. The SMILES string of the molecule is C=CC(=O)N1CCN(c2c(C#N)c(OC[C@@H]3CCCN3C)nc3c2CCN(c2cccc(Cl)c2C(F)(F)F)C3)C[C@@H]1CC#N. The van der Waals surface area contributed by atoms with Crippen LogP contribution in [-0.2, 0) is 23.9 Å². The number of pyridine rings is 1. The highest BCUT2D eigenvalue weighted by Gasteiger charge is 2.39. The fraction of sp³-hybridized carbons (Fsp3) is 0.484. The maximum absolute atomic E-state index is 14.1. The minimum absolute atomic E-state index is 0.0379. The summed E-state index contributed by atoms with van der Waals surface area (Å²) in [4.78, 5) is 24.7. The zero-order chi connectivity index (χ0) is 31.6. The third-order valence-corrected chi connectivity index (χ3v) is 9.00. The molecule has 1 aromatic heterocycles. The molecule has 2 saturated heterocycles. The monoisotopic (exact) mass is 627 g/mol. The first-order valence-corrected chi connectivity index (χ1v) is 14.9. The Bertz CT molecular complexity index is 1520. The Morgan fingerprint density at radius 1 is 1.20 bits per heavy atom. The molecule has 2 fully saturated rings. The molecule has 5 rings (SSSR count). The molecule has 3 aliphatic heterocycles. The number of fused-ring (bicyclic) bond motifs is 1. The third-order valence-electron chi connectivity index (χ3n) is 8.69. The van der Waals surface area contributed by atoms with Crippen molar-refractivity contribution < 1.29 is 22.7 Å². The van der Waals surface area contributed by atoms with Crippen molar-refractivity contribution in [3.63, 3.8) is 0 Å². The van der Waals surface area contributed by atoms with Crippen LogP contribution < -0.4 is 14.5 Å². The van der Waals surface area contributed by atoms with Crippen molar-refractivity contribution in [2.75, 3.05) is 56.2 Å². The van der Waals surface area contributed by atoms with Crippen LogP contribution in [0, 0.1) is 22.7 Å². The lowest BCUT2D eigenvalue weighted by Crippen LogP contribution is -2.55. The lowest BCUT2D eigenvalue weighted by molar-refractivity contribution is -0.137. The fourth-order valence-electron chi connectivity index (χ4n) is 6.46. The van der Waals surface area contributed by atoms with Gasteiger partial charge in [0.15, 0.2) is 0 Å². The quantitative estimate of drug-likeness (QED) is 0.405. The molecule has 0 bridgehead atoms. The van der Waals surface area contributed by atoms with E-state index in [0.29, 0.717) is 44.0 Å². The molecule has 232 valence electrons. The minimum Gasteiger partial charge on any atom is -0.475 e. The highest BCUT2D eigenvalue weighted by molar-refractivity contribution is 6.31. The van der Waals surface area contributed by atoms with Crippen LogP contribution in [0.25, 0.3) is 0 Å². The van der Waals surface area contributed by atoms with Gasteiger partial charge in [0.2, 0.25) is 11.8 Å². The zero-order valence-corrected chi connectivity index (χ0v) is 25.2. The van der Waals surface area contributed by atoms with E-state index in [1.165, 1.54) is 24.3 Å². The van der Waals surface area contributed by atoms with E-state index in [-0.39, 0.29) is 53.6 Å². The minimum atomic E-state index is -4.66. The molecule has 0 N–H and O–H groups in total. The van der Waals surface area contributed by atoms with E-state index < -0.39 is 17.8 Å². The molecule has 0 aliphatic carbocycles. The first-order chi connectivity index (χ1) is 21.1. The average Bonchev–Trinajstić information content (AvgIpc) is 3.42. The zero-order valence-electron chi connectivity index (χ0n) is 24.4. The number of alkyl halides is 3. The Morgan fingerprint density at radius 2 is 2.00 bits per heavy atom. The van der Waals surface area contributed by atoms with Gasteiger partial charge in [0.1, 0.15) is 18.2 Å². The van der Waals surface area contributed by atoms with Gasteiger partial charge in [0, 0.05) is 37.8 Å². The third kappa shape index (κ3) is 6.15. The van der Waals surface area contributed by atoms with E-state index in [4.69, 9.17) is 21.3 Å². The number of hydrogen-bond donors (Lipinski definition) is 0. The summed E-state index contributed by atoms with van der Waals surface area (Å²) in [6, 6.07) is 8.26. The van der Waals surface area contributed by atoms with Crippen molar-refractivity contribution in [3.05, 3.63) is 58.3 Å². The van der Waals surface area contributed by atoms with Gasteiger partial charge in [-0.15, -0.1) is 0 Å². The highest BCUT2D eigenvalue weighted by Crippen LogP contribution is 2.44. The van der Waals surface area contributed by atoms with Crippen LogP contribution in [0.5, 0.6) is 5.88 Å². The second-order valence-corrected chi connectivity index (χ2v) is 11.7. The van der Waals surface area contributed by atoms with Crippen LogP contribution in [0.2, 0.25) is 5.02 Å². The molecule has 13 heteroatoms. The van der Waals surface area contributed by atoms with Crippen molar-refractivity contribution in [2.45, 2.75) is 50.5 Å². The fourth-order valence-corrected chi connectivity index (χ4v) is 6.74. The summed E-state index contributed by atoms with van der Waals surface area (Å²) in [5, 5.41) is 19.5. The summed E-state index contributed by atoms with van der Waals surface area (Å²) in [6.07, 6.45) is -1.06. The topological polar surface area (TPSA) is 99.7 Å². The Morgan fingerprint density at radius 3 is 2.66 bits per heavy atom. The van der Waals surface area contributed by atoms with E-state index in [2.05, 4.69) is 23.6 Å². The van der Waals surface area contributed by atoms with Gasteiger partial charge < -0.3 is 24.3 Å². The number of ether oxygens (including phenoxy) is 1. The molecular weight excluding hydrogens is 595 g/mol. The summed E-state index contributed by atoms with van der Waals surface area (Å²) in [7, 11) is 2.01. The molecule has 0 radical (unpaired) electrons. The van der Waals surface area contributed by atoms with E-state index in [9.17, 15) is 28.5 Å². The lowest BCUT2D eigenvalue weighted by atomic mass is 9.96. The summed E-state index contributed by atoms with van der Waals surface area (Å²) < 4.78 is 48.4. The predicted molar refractivity (Wildman–Crippen MR) is 159 cm³/mol. The molecule has 3 aliphatic rings. The molecular formula is C31H33ClF3N7O2. The molecule has 2 atom stereocenters. The number of amides is 1. The number of hydrogen-bond acceptors (Lipinski definition) is 8. The van der Waals surface area contributed by atoms with Gasteiger partial charge in [-0.05, 0) is 51.1 Å². The summed E-state index contributed by atoms with van der Waals surface area (Å²) >= 11 is 6.04. The van der Waals surface area contributed by atoms with Crippen LogP contribution in [0.3, 0.4) is 0 Å². The van der Waals surface area contributed by atoms with E-state index in [1.54, 1.807) is 9.80 Å². The van der Waals surface area contributed by atoms with Crippen LogP contribution in [0.1, 0.15) is 41.6 Å². The number of anilines is 2. The van der Waals surface area contributed by atoms with Crippen LogP contribution in [-0.4, -0.2) is 79.2 Å². The van der Waals surface area contributed by atoms with Gasteiger partial charge in [-0.3, -0.25) is 4.79 Å². The van der Waals surface area contributed by atoms with E-state index in [1.807, 2.05) is 11.9 Å². The Balaban J connectivity index is 1.57. The first-order valence-electron chi connectivity index (χ1n) is 14.5. The number of nitriles is 2. The summed E-state index contributed by atoms with van der Waals surface area (Å²) in [5.41, 5.74) is 1.16. The van der Waals surface area contributed by atoms with Crippen molar-refractivity contribution in [1.29, 1.82) is 10.5 Å². The molecule has 0 saturated carbocycles. The average molecular weight is 628 g/mol. The molecule has 2 aromatic rings. The maximum atomic E-state index is 14.1. The lowest BCUT2D eigenvalue weighted by Gasteiger charge is -2.43. The standard InChI is InChI=1S/C31H33ClF3N7O2/c1-3-27(43)42-15-14-41(17-20(42)9-11-36)29-22-10-13-40(26-8-4-7-24(32)28(26)31(33,34)35)18-25(22)38-30(23(29)16-37)44-19-21-6-5-12-39(21)2/h3-4,7-8,20-21H,1,5-6,9-10,12-15,17-19H2,2H3/t20-,21-/m0/s1. The molecule has 1 aromatic carbocycles. The normalized spacial score (nSPS) is 20.6.